The molecule has 0 aliphatic rings. The number of carbonyl (C=O) groups excluding carboxylic acids is 1. The van der Waals surface area contributed by atoms with E-state index in [1.165, 1.54) is 24.3 Å². The van der Waals surface area contributed by atoms with Gasteiger partial charge in [-0.15, -0.1) is 0 Å². The van der Waals surface area contributed by atoms with E-state index < -0.39 is 32.9 Å². The molecule has 0 aliphatic heterocycles. The molecule has 140 valence electrons. The highest BCUT2D eigenvalue weighted by atomic mass is 32.2. The molecule has 3 aromatic rings. The minimum absolute atomic E-state index is 0.0867. The molecule has 0 saturated carbocycles. The summed E-state index contributed by atoms with van der Waals surface area (Å²) < 4.78 is 31.5. The number of nitrogens with one attached hydrogen (secondary N) is 2. The normalized spacial score (nSPS) is 11.4. The molecule has 2 aromatic carbocycles. The number of fused-ring (bicyclic) bond motifs is 1. The molecule has 1 aromatic heterocycles. The largest absolute Gasteiger partial charge is 0.506 e. The summed E-state index contributed by atoms with van der Waals surface area (Å²) in [7, 11) is -3.70. The summed E-state index contributed by atoms with van der Waals surface area (Å²) >= 11 is 0. The lowest BCUT2D eigenvalue weighted by Crippen LogP contribution is -2.36. The Bertz CT molecular complexity index is 1140. The monoisotopic (exact) mass is 388 g/mol. The summed E-state index contributed by atoms with van der Waals surface area (Å²) in [5, 5.41) is 12.8. The first kappa shape index (κ1) is 18.6. The summed E-state index contributed by atoms with van der Waals surface area (Å²) in [6, 6.07) is 14.0. The van der Waals surface area contributed by atoms with Crippen molar-refractivity contribution in [2.45, 2.75) is 4.90 Å². The van der Waals surface area contributed by atoms with Crippen LogP contribution in [0.5, 0.6) is 5.75 Å². The first-order valence-electron chi connectivity index (χ1n) is 7.98. The Kier molecular flexibility index (Phi) is 5.24. The van der Waals surface area contributed by atoms with Crippen molar-refractivity contribution in [3.63, 3.8) is 0 Å². The lowest BCUT2D eigenvalue weighted by molar-refractivity contribution is 0.0948. The van der Waals surface area contributed by atoms with Crippen LogP contribution in [0.15, 0.2) is 68.7 Å². The fourth-order valence-corrected chi connectivity index (χ4v) is 3.52. The summed E-state index contributed by atoms with van der Waals surface area (Å²) in [6.45, 7) is -0.181. The van der Waals surface area contributed by atoms with Crippen LogP contribution in [0, 0.1) is 0 Å². The van der Waals surface area contributed by atoms with Gasteiger partial charge in [-0.3, -0.25) is 4.79 Å². The van der Waals surface area contributed by atoms with Crippen molar-refractivity contribution in [1.29, 1.82) is 0 Å². The number of amides is 1. The molecule has 0 atom stereocenters. The molecule has 0 spiro atoms. The van der Waals surface area contributed by atoms with Gasteiger partial charge >= 0.3 is 5.63 Å². The van der Waals surface area contributed by atoms with Crippen molar-refractivity contribution in [1.82, 2.24) is 10.0 Å². The van der Waals surface area contributed by atoms with Crippen LogP contribution in [0.1, 0.15) is 10.4 Å². The highest BCUT2D eigenvalue weighted by molar-refractivity contribution is 7.89. The van der Waals surface area contributed by atoms with Crippen molar-refractivity contribution in [2.24, 2.45) is 0 Å². The topological polar surface area (TPSA) is 126 Å². The molecular weight excluding hydrogens is 372 g/mol. The molecule has 0 bridgehead atoms. The maximum Gasteiger partial charge on any atom is 0.353 e. The summed E-state index contributed by atoms with van der Waals surface area (Å²) in [4.78, 5) is 24.3. The van der Waals surface area contributed by atoms with E-state index in [4.69, 9.17) is 4.42 Å². The molecule has 9 heteroatoms. The zero-order chi connectivity index (χ0) is 19.4. The Morgan fingerprint density at radius 1 is 1.00 bits per heavy atom. The highest BCUT2D eigenvalue weighted by Gasteiger charge is 2.20. The highest BCUT2D eigenvalue weighted by Crippen LogP contribution is 2.25. The van der Waals surface area contributed by atoms with Gasteiger partial charge in [-0.25, -0.2) is 17.9 Å². The number of rotatable bonds is 6. The van der Waals surface area contributed by atoms with E-state index in [9.17, 15) is 23.1 Å². The number of benzene rings is 2. The molecule has 0 fully saturated rings. The van der Waals surface area contributed by atoms with Gasteiger partial charge in [0, 0.05) is 13.1 Å². The van der Waals surface area contributed by atoms with Gasteiger partial charge in [0.1, 0.15) is 11.3 Å². The van der Waals surface area contributed by atoms with E-state index in [-0.39, 0.29) is 29.0 Å². The maximum absolute atomic E-state index is 12.2. The van der Waals surface area contributed by atoms with Crippen LogP contribution in [0.4, 0.5) is 0 Å². The van der Waals surface area contributed by atoms with Crippen molar-refractivity contribution < 1.29 is 22.7 Å². The molecule has 3 rings (SSSR count). The minimum atomic E-state index is -3.70. The summed E-state index contributed by atoms with van der Waals surface area (Å²) in [5.74, 6) is -1.34. The number of para-hydroxylation sites is 1. The molecular formula is C18H16N2O6S. The molecule has 1 amide bonds. The van der Waals surface area contributed by atoms with Gasteiger partial charge in [-0.05, 0) is 24.3 Å². The van der Waals surface area contributed by atoms with Gasteiger partial charge in [0.15, 0.2) is 5.56 Å². The third-order valence-corrected chi connectivity index (χ3v) is 5.25. The second kappa shape index (κ2) is 7.60. The third kappa shape index (κ3) is 3.99. The quantitative estimate of drug-likeness (QED) is 0.430. The molecule has 8 nitrogen and oxygen atoms in total. The van der Waals surface area contributed by atoms with Crippen LogP contribution in [0.3, 0.4) is 0 Å². The molecule has 3 N–H and O–H groups in total. The van der Waals surface area contributed by atoms with E-state index in [1.807, 2.05) is 0 Å². The Morgan fingerprint density at radius 3 is 2.41 bits per heavy atom. The van der Waals surface area contributed by atoms with Gasteiger partial charge in [0.25, 0.3) is 5.91 Å². The lowest BCUT2D eigenvalue weighted by Gasteiger charge is -2.09. The fourth-order valence-electron chi connectivity index (χ4n) is 2.47. The number of aromatic hydroxyl groups is 1. The van der Waals surface area contributed by atoms with Crippen molar-refractivity contribution in [2.75, 3.05) is 13.1 Å². The van der Waals surface area contributed by atoms with Crippen molar-refractivity contribution >= 4 is 26.9 Å². The van der Waals surface area contributed by atoms with E-state index >= 15 is 0 Å². The smallest absolute Gasteiger partial charge is 0.353 e. The SMILES string of the molecule is O=C(NCCNS(=O)(=O)c1ccccc1)c1c(O)c2ccccc2oc1=O. The first-order chi connectivity index (χ1) is 12.9. The molecule has 1 heterocycles. The predicted octanol–water partition coefficient (Wildman–Crippen LogP) is 1.21. The zero-order valence-corrected chi connectivity index (χ0v) is 14.8. The van der Waals surface area contributed by atoms with E-state index in [0.29, 0.717) is 0 Å². The first-order valence-corrected chi connectivity index (χ1v) is 9.46. The van der Waals surface area contributed by atoms with Crippen LogP contribution in [-0.4, -0.2) is 32.5 Å². The second-order valence-electron chi connectivity index (χ2n) is 5.58. The summed E-state index contributed by atoms with van der Waals surface area (Å²) in [6.07, 6.45) is 0. The van der Waals surface area contributed by atoms with Gasteiger partial charge in [-0.1, -0.05) is 30.3 Å². The Hall–Kier alpha value is -3.17. The van der Waals surface area contributed by atoms with E-state index in [1.54, 1.807) is 30.3 Å². The van der Waals surface area contributed by atoms with Gasteiger partial charge in [-0.2, -0.15) is 0 Å². The Labute approximate surface area is 154 Å². The number of hydrogen-bond acceptors (Lipinski definition) is 6. The molecule has 0 radical (unpaired) electrons. The van der Waals surface area contributed by atoms with Gasteiger partial charge in [0.2, 0.25) is 10.0 Å². The Balaban J connectivity index is 1.67. The third-order valence-electron chi connectivity index (χ3n) is 3.77. The molecule has 0 aliphatic carbocycles. The predicted molar refractivity (Wildman–Crippen MR) is 98.1 cm³/mol. The second-order valence-corrected chi connectivity index (χ2v) is 7.34. The lowest BCUT2D eigenvalue weighted by atomic mass is 10.1. The maximum atomic E-state index is 12.2. The average Bonchev–Trinajstić information content (AvgIpc) is 2.66. The van der Waals surface area contributed by atoms with Crippen LogP contribution in [0.2, 0.25) is 0 Å². The van der Waals surface area contributed by atoms with Crippen LogP contribution in [0.25, 0.3) is 11.0 Å². The number of sulfonamides is 1. The van der Waals surface area contributed by atoms with Gasteiger partial charge in [0.05, 0.1) is 10.3 Å². The molecule has 0 unspecified atom stereocenters. The standard InChI is InChI=1S/C18H16N2O6S/c21-16-13-8-4-5-9-14(13)26-18(23)15(16)17(22)19-10-11-20-27(24,25)12-6-2-1-3-7-12/h1-9,20-21H,10-11H2,(H,19,22). The minimum Gasteiger partial charge on any atom is -0.506 e. The molecule has 27 heavy (non-hydrogen) atoms. The van der Waals surface area contributed by atoms with Crippen molar-refractivity contribution in [3.8, 4) is 5.75 Å². The zero-order valence-electron chi connectivity index (χ0n) is 14.0. The average molecular weight is 388 g/mol. The van der Waals surface area contributed by atoms with Crippen LogP contribution < -0.4 is 15.7 Å². The van der Waals surface area contributed by atoms with E-state index in [2.05, 4.69) is 10.0 Å². The fraction of sp³-hybridized carbons (Fsp3) is 0.111. The molecule has 0 saturated heterocycles. The Morgan fingerprint density at radius 2 is 1.67 bits per heavy atom. The van der Waals surface area contributed by atoms with Crippen LogP contribution >= 0.6 is 0 Å². The van der Waals surface area contributed by atoms with Crippen LogP contribution in [-0.2, 0) is 10.0 Å². The van der Waals surface area contributed by atoms with E-state index in [0.717, 1.165) is 0 Å². The summed E-state index contributed by atoms with van der Waals surface area (Å²) in [5.41, 5.74) is -1.35. The van der Waals surface area contributed by atoms with Crippen molar-refractivity contribution in [3.05, 3.63) is 70.6 Å². The van der Waals surface area contributed by atoms with Gasteiger partial charge < -0.3 is 14.8 Å². The number of carbonyl (C=O) groups is 1. The number of hydrogen-bond donors (Lipinski definition) is 3.